The summed E-state index contributed by atoms with van der Waals surface area (Å²) in [7, 11) is 1.93. The van der Waals surface area contributed by atoms with Crippen LogP contribution in [-0.2, 0) is 18.3 Å². The zero-order valence-corrected chi connectivity index (χ0v) is 13.3. The number of carbonyl (C=O) groups is 1. The van der Waals surface area contributed by atoms with Gasteiger partial charge in [0, 0.05) is 31.9 Å². The molecule has 1 amide bonds. The average Bonchev–Trinajstić information content (AvgIpc) is 2.93. The Hall–Kier alpha value is -1.56. The van der Waals surface area contributed by atoms with Crippen molar-refractivity contribution in [2.24, 2.45) is 7.05 Å². The molecular formula is C15H26N4O2. The Morgan fingerprint density at radius 1 is 1.43 bits per heavy atom. The van der Waals surface area contributed by atoms with Crippen LogP contribution in [0.15, 0.2) is 12.3 Å². The Labute approximate surface area is 126 Å². The van der Waals surface area contributed by atoms with E-state index in [1.165, 1.54) is 0 Å². The lowest BCUT2D eigenvalue weighted by molar-refractivity contribution is 0.0498. The highest BCUT2D eigenvalue weighted by Crippen LogP contribution is 2.20. The van der Waals surface area contributed by atoms with E-state index in [4.69, 9.17) is 4.74 Å². The van der Waals surface area contributed by atoms with Gasteiger partial charge in [0.05, 0.1) is 5.69 Å². The summed E-state index contributed by atoms with van der Waals surface area (Å²) >= 11 is 0. The summed E-state index contributed by atoms with van der Waals surface area (Å²) in [6, 6.07) is 2.42. The molecule has 0 radical (unpaired) electrons. The second-order valence-corrected chi connectivity index (χ2v) is 6.62. The van der Waals surface area contributed by atoms with Crippen molar-refractivity contribution < 1.29 is 9.53 Å². The second kappa shape index (κ2) is 6.47. The molecule has 6 nitrogen and oxygen atoms in total. The van der Waals surface area contributed by atoms with Crippen LogP contribution in [0, 0.1) is 0 Å². The number of rotatable bonds is 4. The van der Waals surface area contributed by atoms with Gasteiger partial charge >= 0.3 is 6.09 Å². The van der Waals surface area contributed by atoms with Crippen LogP contribution in [0.3, 0.4) is 0 Å². The highest BCUT2D eigenvalue weighted by atomic mass is 16.6. The normalized spacial score (nSPS) is 22.3. The molecule has 0 spiro atoms. The van der Waals surface area contributed by atoms with Crippen molar-refractivity contribution in [1.82, 2.24) is 20.4 Å². The second-order valence-electron chi connectivity index (χ2n) is 6.62. The van der Waals surface area contributed by atoms with Crippen molar-refractivity contribution in [3.05, 3.63) is 18.0 Å². The van der Waals surface area contributed by atoms with Crippen molar-refractivity contribution in [3.8, 4) is 0 Å². The Morgan fingerprint density at radius 3 is 2.76 bits per heavy atom. The molecule has 21 heavy (non-hydrogen) atoms. The number of hydrogen-bond donors (Lipinski definition) is 2. The first-order chi connectivity index (χ1) is 9.85. The van der Waals surface area contributed by atoms with E-state index in [9.17, 15) is 4.79 Å². The summed E-state index contributed by atoms with van der Waals surface area (Å²) in [6.07, 6.45) is 4.63. The summed E-state index contributed by atoms with van der Waals surface area (Å²) < 4.78 is 7.18. The van der Waals surface area contributed by atoms with Gasteiger partial charge in [0.25, 0.3) is 0 Å². The van der Waals surface area contributed by atoms with Crippen LogP contribution < -0.4 is 10.6 Å². The first-order valence-electron chi connectivity index (χ1n) is 7.55. The number of alkyl carbamates (subject to hydrolysis) is 1. The summed E-state index contributed by atoms with van der Waals surface area (Å²) in [5, 5.41) is 10.7. The topological polar surface area (TPSA) is 68.2 Å². The Balaban J connectivity index is 1.83. The molecule has 2 atom stereocenters. The van der Waals surface area contributed by atoms with E-state index in [1.54, 1.807) is 6.20 Å². The molecule has 1 aliphatic rings. The maximum atomic E-state index is 11.9. The van der Waals surface area contributed by atoms with Gasteiger partial charge in [-0.3, -0.25) is 4.68 Å². The molecule has 1 aliphatic carbocycles. The molecule has 1 fully saturated rings. The number of aryl methyl sites for hydroxylation is 1. The first-order valence-corrected chi connectivity index (χ1v) is 7.55. The number of ether oxygens (including phenoxy) is 1. The summed E-state index contributed by atoms with van der Waals surface area (Å²) in [5.41, 5.74) is 0.679. The van der Waals surface area contributed by atoms with Crippen LogP contribution in [0.5, 0.6) is 0 Å². The third kappa shape index (κ3) is 4.74. The van der Waals surface area contributed by atoms with Crippen LogP contribution in [0.25, 0.3) is 0 Å². The molecule has 2 unspecified atom stereocenters. The maximum absolute atomic E-state index is 11.9. The number of hydrogen-bond acceptors (Lipinski definition) is 4. The van der Waals surface area contributed by atoms with Crippen molar-refractivity contribution in [2.75, 3.05) is 0 Å². The van der Waals surface area contributed by atoms with E-state index in [0.29, 0.717) is 0 Å². The zero-order chi connectivity index (χ0) is 15.5. The minimum atomic E-state index is -0.458. The molecule has 1 saturated carbocycles. The molecule has 0 saturated heterocycles. The minimum absolute atomic E-state index is 0.132. The van der Waals surface area contributed by atoms with Gasteiger partial charge in [-0.25, -0.2) is 4.79 Å². The van der Waals surface area contributed by atoms with Crippen molar-refractivity contribution in [3.63, 3.8) is 0 Å². The van der Waals surface area contributed by atoms with Gasteiger partial charge in [-0.1, -0.05) is 0 Å². The van der Waals surface area contributed by atoms with Gasteiger partial charge in [0.1, 0.15) is 5.60 Å². The van der Waals surface area contributed by atoms with Crippen molar-refractivity contribution >= 4 is 6.09 Å². The number of nitrogens with one attached hydrogen (secondary N) is 2. The quantitative estimate of drug-likeness (QED) is 0.890. The predicted molar refractivity (Wildman–Crippen MR) is 80.8 cm³/mol. The van der Waals surface area contributed by atoms with Gasteiger partial charge in [0.15, 0.2) is 0 Å². The summed E-state index contributed by atoms with van der Waals surface area (Å²) in [5.74, 6) is 0. The molecular weight excluding hydrogens is 268 g/mol. The standard InChI is InChI=1S/C15H26N4O2/c1-15(2,3)21-14(20)18-13-7-5-6-12(13)16-10-11-8-9-17-19(11)4/h8-9,12-13,16H,5-7,10H2,1-4H3,(H,18,20). The van der Waals surface area contributed by atoms with E-state index < -0.39 is 5.60 Å². The number of carbonyl (C=O) groups excluding carboxylic acids is 1. The molecule has 1 aromatic rings. The van der Waals surface area contributed by atoms with E-state index in [1.807, 2.05) is 38.6 Å². The van der Waals surface area contributed by atoms with Crippen LogP contribution in [0.1, 0.15) is 45.7 Å². The maximum Gasteiger partial charge on any atom is 0.407 e. The van der Waals surface area contributed by atoms with Gasteiger partial charge in [-0.05, 0) is 46.1 Å². The smallest absolute Gasteiger partial charge is 0.407 e. The lowest BCUT2D eigenvalue weighted by Gasteiger charge is -2.25. The van der Waals surface area contributed by atoms with Gasteiger partial charge < -0.3 is 15.4 Å². The SMILES string of the molecule is Cn1nccc1CNC1CCCC1NC(=O)OC(C)(C)C. The minimum Gasteiger partial charge on any atom is -0.444 e. The van der Waals surface area contributed by atoms with E-state index in [-0.39, 0.29) is 18.2 Å². The largest absolute Gasteiger partial charge is 0.444 e. The van der Waals surface area contributed by atoms with Gasteiger partial charge in [0.2, 0.25) is 0 Å². The molecule has 6 heteroatoms. The lowest BCUT2D eigenvalue weighted by Crippen LogP contribution is -2.47. The first kappa shape index (κ1) is 15.8. The van der Waals surface area contributed by atoms with Crippen LogP contribution in [0.4, 0.5) is 4.79 Å². The number of nitrogens with zero attached hydrogens (tertiary/aromatic N) is 2. The Morgan fingerprint density at radius 2 is 2.14 bits per heavy atom. The fourth-order valence-electron chi connectivity index (χ4n) is 2.65. The number of aromatic nitrogens is 2. The molecule has 2 N–H and O–H groups in total. The molecule has 1 aromatic heterocycles. The average molecular weight is 294 g/mol. The highest BCUT2D eigenvalue weighted by molar-refractivity contribution is 5.68. The Bertz CT molecular complexity index is 478. The third-order valence-electron chi connectivity index (χ3n) is 3.69. The third-order valence-corrected chi connectivity index (χ3v) is 3.69. The Kier molecular flexibility index (Phi) is 4.88. The fraction of sp³-hybridized carbons (Fsp3) is 0.733. The molecule has 0 bridgehead atoms. The van der Waals surface area contributed by atoms with Crippen LogP contribution in [0.2, 0.25) is 0 Å². The molecule has 0 aliphatic heterocycles. The predicted octanol–water partition coefficient (Wildman–Crippen LogP) is 1.96. The van der Waals surface area contributed by atoms with Gasteiger partial charge in [-0.2, -0.15) is 5.10 Å². The highest BCUT2D eigenvalue weighted by Gasteiger charge is 2.29. The monoisotopic (exact) mass is 294 g/mol. The van der Waals surface area contributed by atoms with Crippen molar-refractivity contribution in [2.45, 2.75) is 64.3 Å². The number of amides is 1. The van der Waals surface area contributed by atoms with E-state index >= 15 is 0 Å². The lowest BCUT2D eigenvalue weighted by atomic mass is 10.1. The van der Waals surface area contributed by atoms with E-state index in [2.05, 4.69) is 15.7 Å². The van der Waals surface area contributed by atoms with E-state index in [0.717, 1.165) is 31.5 Å². The van der Waals surface area contributed by atoms with Crippen LogP contribution >= 0.6 is 0 Å². The van der Waals surface area contributed by atoms with Crippen molar-refractivity contribution in [1.29, 1.82) is 0 Å². The fourth-order valence-corrected chi connectivity index (χ4v) is 2.65. The zero-order valence-electron chi connectivity index (χ0n) is 13.3. The summed E-state index contributed by atoms with van der Waals surface area (Å²) in [4.78, 5) is 11.9. The van der Waals surface area contributed by atoms with Crippen LogP contribution in [-0.4, -0.2) is 33.6 Å². The molecule has 0 aromatic carbocycles. The van der Waals surface area contributed by atoms with Gasteiger partial charge in [-0.15, -0.1) is 0 Å². The summed E-state index contributed by atoms with van der Waals surface area (Å²) in [6.45, 7) is 6.38. The molecule has 118 valence electrons. The molecule has 2 rings (SSSR count). The molecule has 1 heterocycles.